The SMILES string of the molecule is Cc1ccc(OCC(=O)OCC(=O)N2c3ccccc3NC(=O)CC2C(F)(F)F)cc1C. The number of ether oxygens (including phenoxy) is 2. The lowest BCUT2D eigenvalue weighted by molar-refractivity contribution is -0.160. The van der Waals surface area contributed by atoms with E-state index in [4.69, 9.17) is 9.47 Å². The summed E-state index contributed by atoms with van der Waals surface area (Å²) in [5.41, 5.74) is 1.91. The minimum Gasteiger partial charge on any atom is -0.482 e. The number of hydrogen-bond acceptors (Lipinski definition) is 5. The molecule has 1 unspecified atom stereocenters. The van der Waals surface area contributed by atoms with Crippen molar-refractivity contribution in [2.24, 2.45) is 0 Å². The molecule has 1 atom stereocenters. The van der Waals surface area contributed by atoms with Crippen molar-refractivity contribution in [3.8, 4) is 5.75 Å². The molecule has 7 nitrogen and oxygen atoms in total. The van der Waals surface area contributed by atoms with Crippen molar-refractivity contribution in [1.82, 2.24) is 0 Å². The highest BCUT2D eigenvalue weighted by Gasteiger charge is 2.49. The number of hydrogen-bond donors (Lipinski definition) is 1. The zero-order chi connectivity index (χ0) is 23.5. The maximum absolute atomic E-state index is 13.7. The first-order chi connectivity index (χ1) is 15.1. The van der Waals surface area contributed by atoms with Gasteiger partial charge in [-0.15, -0.1) is 0 Å². The van der Waals surface area contributed by atoms with Gasteiger partial charge in [0.05, 0.1) is 17.8 Å². The quantitative estimate of drug-likeness (QED) is 0.705. The standard InChI is InChI=1S/C22H21F3N2O5/c1-13-7-8-15(9-14(13)2)31-12-21(30)32-11-20(29)27-17-6-4-3-5-16(17)26-19(28)10-18(27)22(23,24)25/h3-9,18H,10-12H2,1-2H3,(H,26,28). The van der Waals surface area contributed by atoms with Crippen LogP contribution in [0.4, 0.5) is 24.5 Å². The van der Waals surface area contributed by atoms with E-state index in [9.17, 15) is 27.6 Å². The van der Waals surface area contributed by atoms with Crippen molar-refractivity contribution in [1.29, 1.82) is 0 Å². The molecule has 3 rings (SSSR count). The maximum Gasteiger partial charge on any atom is 0.409 e. The summed E-state index contributed by atoms with van der Waals surface area (Å²) >= 11 is 0. The lowest BCUT2D eigenvalue weighted by Crippen LogP contribution is -2.51. The number of halogens is 3. The highest BCUT2D eigenvalue weighted by Crippen LogP contribution is 2.37. The Morgan fingerprint density at radius 1 is 1.09 bits per heavy atom. The van der Waals surface area contributed by atoms with E-state index in [-0.39, 0.29) is 11.4 Å². The van der Waals surface area contributed by atoms with Crippen LogP contribution in [0.2, 0.25) is 0 Å². The zero-order valence-corrected chi connectivity index (χ0v) is 17.4. The van der Waals surface area contributed by atoms with Gasteiger partial charge in [-0.1, -0.05) is 18.2 Å². The van der Waals surface area contributed by atoms with E-state index >= 15 is 0 Å². The predicted octanol–water partition coefficient (Wildman–Crippen LogP) is 3.53. The first kappa shape index (κ1) is 23.1. The van der Waals surface area contributed by atoms with Gasteiger partial charge in [0.15, 0.2) is 13.2 Å². The number of benzene rings is 2. The van der Waals surface area contributed by atoms with Crippen LogP contribution >= 0.6 is 0 Å². The second-order valence-electron chi connectivity index (χ2n) is 7.29. The van der Waals surface area contributed by atoms with Crippen molar-refractivity contribution in [2.75, 3.05) is 23.4 Å². The van der Waals surface area contributed by atoms with E-state index in [1.807, 2.05) is 19.9 Å². The molecular formula is C22H21F3N2O5. The predicted molar refractivity (Wildman–Crippen MR) is 109 cm³/mol. The fourth-order valence-electron chi connectivity index (χ4n) is 3.20. The van der Waals surface area contributed by atoms with Crippen molar-refractivity contribution in [2.45, 2.75) is 32.5 Å². The van der Waals surface area contributed by atoms with Gasteiger partial charge in [0.1, 0.15) is 11.8 Å². The van der Waals surface area contributed by atoms with Gasteiger partial charge in [-0.05, 0) is 49.2 Å². The second-order valence-corrected chi connectivity index (χ2v) is 7.29. The molecule has 0 fully saturated rings. The summed E-state index contributed by atoms with van der Waals surface area (Å²) in [7, 11) is 0. The molecule has 0 saturated heterocycles. The Morgan fingerprint density at radius 2 is 1.81 bits per heavy atom. The number of aryl methyl sites for hydroxylation is 2. The molecule has 10 heteroatoms. The smallest absolute Gasteiger partial charge is 0.409 e. The molecule has 32 heavy (non-hydrogen) atoms. The van der Waals surface area contributed by atoms with Crippen LogP contribution in [-0.2, 0) is 19.1 Å². The molecule has 1 aliphatic heterocycles. The highest BCUT2D eigenvalue weighted by atomic mass is 19.4. The molecule has 170 valence electrons. The molecule has 0 aromatic heterocycles. The summed E-state index contributed by atoms with van der Waals surface area (Å²) in [5.74, 6) is -2.50. The molecule has 2 aromatic rings. The van der Waals surface area contributed by atoms with E-state index in [1.54, 1.807) is 12.1 Å². The number of nitrogens with one attached hydrogen (secondary N) is 1. The van der Waals surface area contributed by atoms with Crippen LogP contribution in [0.15, 0.2) is 42.5 Å². The summed E-state index contributed by atoms with van der Waals surface area (Å²) < 4.78 is 51.2. The van der Waals surface area contributed by atoms with Gasteiger partial charge in [0.2, 0.25) is 5.91 Å². The zero-order valence-electron chi connectivity index (χ0n) is 17.4. The van der Waals surface area contributed by atoms with Gasteiger partial charge in [-0.3, -0.25) is 14.5 Å². The largest absolute Gasteiger partial charge is 0.482 e. The molecule has 0 radical (unpaired) electrons. The van der Waals surface area contributed by atoms with Crippen LogP contribution in [0, 0.1) is 13.8 Å². The average molecular weight is 450 g/mol. The third-order valence-electron chi connectivity index (χ3n) is 4.97. The Kier molecular flexibility index (Phi) is 6.71. The number of amides is 2. The summed E-state index contributed by atoms with van der Waals surface area (Å²) in [4.78, 5) is 37.1. The van der Waals surface area contributed by atoms with Crippen LogP contribution < -0.4 is 15.0 Å². The fraction of sp³-hybridized carbons (Fsp3) is 0.318. The Labute approximate surface area is 182 Å². The molecule has 0 spiro atoms. The Balaban J connectivity index is 1.70. The summed E-state index contributed by atoms with van der Waals surface area (Å²) in [6.07, 6.45) is -5.85. The average Bonchev–Trinajstić information content (AvgIpc) is 2.88. The lowest BCUT2D eigenvalue weighted by atomic mass is 10.1. The highest BCUT2D eigenvalue weighted by molar-refractivity contribution is 6.05. The van der Waals surface area contributed by atoms with Gasteiger partial charge in [-0.25, -0.2) is 4.79 Å². The number of carbonyl (C=O) groups excluding carboxylic acids is 3. The molecule has 2 aromatic carbocycles. The maximum atomic E-state index is 13.7. The number of fused-ring (bicyclic) bond motifs is 1. The summed E-state index contributed by atoms with van der Waals surface area (Å²) in [6.45, 7) is 2.32. The molecule has 0 saturated carbocycles. The Bertz CT molecular complexity index is 1040. The van der Waals surface area contributed by atoms with Crippen LogP contribution in [-0.4, -0.2) is 43.2 Å². The minimum atomic E-state index is -4.87. The Morgan fingerprint density at radius 3 is 2.50 bits per heavy atom. The lowest BCUT2D eigenvalue weighted by Gasteiger charge is -2.31. The first-order valence-corrected chi connectivity index (χ1v) is 9.69. The monoisotopic (exact) mass is 450 g/mol. The van der Waals surface area contributed by atoms with E-state index in [0.29, 0.717) is 10.6 Å². The second kappa shape index (κ2) is 9.29. The number of anilines is 2. The van der Waals surface area contributed by atoms with E-state index < -0.39 is 49.6 Å². The topological polar surface area (TPSA) is 84.9 Å². The molecule has 1 aliphatic rings. The summed E-state index contributed by atoms with van der Waals surface area (Å²) in [6, 6.07) is 8.41. The molecule has 0 aliphatic carbocycles. The van der Waals surface area contributed by atoms with Gasteiger partial charge in [-0.2, -0.15) is 13.2 Å². The summed E-state index contributed by atoms with van der Waals surface area (Å²) in [5, 5.41) is 2.36. The number of nitrogens with zero attached hydrogens (tertiary/aromatic N) is 1. The van der Waals surface area contributed by atoms with Crippen molar-refractivity contribution in [3.63, 3.8) is 0 Å². The number of carbonyl (C=O) groups is 3. The van der Waals surface area contributed by atoms with Crippen molar-refractivity contribution < 1.29 is 37.0 Å². The van der Waals surface area contributed by atoms with Crippen LogP contribution in [0.25, 0.3) is 0 Å². The van der Waals surface area contributed by atoms with E-state index in [0.717, 1.165) is 11.1 Å². The minimum absolute atomic E-state index is 0.0574. The number of esters is 1. The molecule has 2 amide bonds. The third-order valence-corrected chi connectivity index (χ3v) is 4.97. The molecule has 0 bridgehead atoms. The molecule has 1 N–H and O–H groups in total. The Hall–Kier alpha value is -3.56. The third kappa shape index (κ3) is 5.37. The molecule has 1 heterocycles. The van der Waals surface area contributed by atoms with Crippen LogP contribution in [0.3, 0.4) is 0 Å². The first-order valence-electron chi connectivity index (χ1n) is 9.69. The van der Waals surface area contributed by atoms with Gasteiger partial charge < -0.3 is 14.8 Å². The van der Waals surface area contributed by atoms with Gasteiger partial charge in [0, 0.05) is 0 Å². The number of para-hydroxylation sites is 2. The van der Waals surface area contributed by atoms with Gasteiger partial charge in [0.25, 0.3) is 5.91 Å². The number of rotatable bonds is 5. The van der Waals surface area contributed by atoms with Crippen molar-refractivity contribution >= 4 is 29.2 Å². The molecular weight excluding hydrogens is 429 g/mol. The van der Waals surface area contributed by atoms with Gasteiger partial charge >= 0.3 is 12.1 Å². The normalized spacial score (nSPS) is 16.0. The fourth-order valence-corrected chi connectivity index (χ4v) is 3.20. The number of alkyl halides is 3. The van der Waals surface area contributed by atoms with Crippen LogP contribution in [0.5, 0.6) is 5.75 Å². The van der Waals surface area contributed by atoms with E-state index in [2.05, 4.69) is 5.32 Å². The van der Waals surface area contributed by atoms with E-state index in [1.165, 1.54) is 24.3 Å². The van der Waals surface area contributed by atoms with Crippen molar-refractivity contribution in [3.05, 3.63) is 53.6 Å². The van der Waals surface area contributed by atoms with Crippen LogP contribution in [0.1, 0.15) is 17.5 Å².